The third-order valence-corrected chi connectivity index (χ3v) is 2.13. The number of hydrogen-bond acceptors (Lipinski definition) is 3. The van der Waals surface area contributed by atoms with Gasteiger partial charge in [0.25, 0.3) is 0 Å². The van der Waals surface area contributed by atoms with Gasteiger partial charge in [-0.25, -0.2) is 0 Å². The van der Waals surface area contributed by atoms with E-state index in [2.05, 4.69) is 0 Å². The molecule has 1 rings (SSSR count). The zero-order chi connectivity index (χ0) is 13.1. The summed E-state index contributed by atoms with van der Waals surface area (Å²) in [6.45, 7) is 5.65. The number of nitrogens with zero attached hydrogens (tertiary/aromatic N) is 1. The molecule has 0 heterocycles. The van der Waals surface area contributed by atoms with Gasteiger partial charge in [-0.3, -0.25) is 9.63 Å². The fourth-order valence-electron chi connectivity index (χ4n) is 1.63. The van der Waals surface area contributed by atoms with E-state index in [1.165, 1.54) is 5.06 Å². The van der Waals surface area contributed by atoms with Gasteiger partial charge in [-0.15, -0.1) is 0 Å². The number of carbonyl (C=O) groups is 1. The van der Waals surface area contributed by atoms with Crippen LogP contribution in [0.3, 0.4) is 0 Å². The van der Waals surface area contributed by atoms with Crippen LogP contribution in [0.15, 0.2) is 30.3 Å². The molecule has 0 aromatic heterocycles. The van der Waals surface area contributed by atoms with Crippen LogP contribution in [0.2, 0.25) is 0 Å². The minimum atomic E-state index is -0.928. The van der Waals surface area contributed by atoms with Crippen molar-refractivity contribution in [2.24, 2.45) is 0 Å². The second-order valence-corrected chi connectivity index (χ2v) is 4.90. The van der Waals surface area contributed by atoms with Crippen molar-refractivity contribution in [3.8, 4) is 0 Å². The fourth-order valence-corrected chi connectivity index (χ4v) is 1.63. The molecular weight excluding hydrogens is 218 g/mol. The fraction of sp³-hybridized carbons (Fsp3) is 0.462. The number of rotatable bonds is 4. The molecule has 1 atom stereocenters. The van der Waals surface area contributed by atoms with Crippen molar-refractivity contribution in [3.05, 3.63) is 35.9 Å². The van der Waals surface area contributed by atoms with Crippen LogP contribution in [0.25, 0.3) is 0 Å². The number of carboxylic acid groups (broad SMARTS) is 1. The maximum Gasteiger partial charge on any atom is 0.327 e. The van der Waals surface area contributed by atoms with Crippen molar-refractivity contribution in [2.75, 3.05) is 7.05 Å². The van der Waals surface area contributed by atoms with Crippen molar-refractivity contribution < 1.29 is 14.7 Å². The SMILES string of the molecule is CN(OC(C)(C)C)C(C(=O)O)c1ccccc1. The first kappa shape index (κ1) is 13.7. The van der Waals surface area contributed by atoms with E-state index in [-0.39, 0.29) is 0 Å². The summed E-state index contributed by atoms with van der Waals surface area (Å²) in [6, 6.07) is 8.25. The number of aliphatic carboxylic acids is 1. The van der Waals surface area contributed by atoms with Crippen LogP contribution >= 0.6 is 0 Å². The van der Waals surface area contributed by atoms with Crippen molar-refractivity contribution in [2.45, 2.75) is 32.4 Å². The smallest absolute Gasteiger partial charge is 0.327 e. The summed E-state index contributed by atoms with van der Waals surface area (Å²) in [5.41, 5.74) is 0.281. The van der Waals surface area contributed by atoms with Gasteiger partial charge >= 0.3 is 5.97 Å². The summed E-state index contributed by atoms with van der Waals surface area (Å²) in [5.74, 6) is -0.928. The van der Waals surface area contributed by atoms with Gasteiger partial charge in [0.05, 0.1) is 5.60 Å². The number of hydrogen-bond donors (Lipinski definition) is 1. The molecule has 4 nitrogen and oxygen atoms in total. The first-order valence-electron chi connectivity index (χ1n) is 5.51. The monoisotopic (exact) mass is 237 g/mol. The quantitative estimate of drug-likeness (QED) is 0.817. The molecular formula is C13H19NO3. The maximum absolute atomic E-state index is 11.3. The molecule has 0 saturated heterocycles. The Morgan fingerprint density at radius 2 is 1.82 bits per heavy atom. The van der Waals surface area contributed by atoms with E-state index in [0.29, 0.717) is 5.56 Å². The molecule has 0 bridgehead atoms. The number of hydroxylamine groups is 2. The molecule has 1 unspecified atom stereocenters. The van der Waals surface area contributed by atoms with Crippen LogP contribution in [0.4, 0.5) is 0 Å². The first-order valence-corrected chi connectivity index (χ1v) is 5.51. The van der Waals surface area contributed by atoms with Crippen molar-refractivity contribution >= 4 is 5.97 Å². The molecule has 94 valence electrons. The highest BCUT2D eigenvalue weighted by Crippen LogP contribution is 2.22. The predicted octanol–water partition coefficient (Wildman–Crippen LogP) is 2.47. The highest BCUT2D eigenvalue weighted by atomic mass is 16.7. The van der Waals surface area contributed by atoms with E-state index in [0.717, 1.165) is 0 Å². The van der Waals surface area contributed by atoms with Crippen molar-refractivity contribution in [1.29, 1.82) is 0 Å². The van der Waals surface area contributed by atoms with Gasteiger partial charge in [-0.2, -0.15) is 5.06 Å². The van der Waals surface area contributed by atoms with Gasteiger partial charge in [-0.05, 0) is 26.3 Å². The van der Waals surface area contributed by atoms with Crippen LogP contribution in [0, 0.1) is 0 Å². The average Bonchev–Trinajstić information content (AvgIpc) is 2.15. The lowest BCUT2D eigenvalue weighted by Gasteiger charge is -2.31. The Balaban J connectivity index is 2.91. The van der Waals surface area contributed by atoms with Crippen LogP contribution < -0.4 is 0 Å². The van der Waals surface area contributed by atoms with Crippen LogP contribution in [0.1, 0.15) is 32.4 Å². The van der Waals surface area contributed by atoms with Crippen LogP contribution in [-0.4, -0.2) is 28.8 Å². The highest BCUT2D eigenvalue weighted by molar-refractivity contribution is 5.75. The first-order chi connectivity index (χ1) is 7.81. The summed E-state index contributed by atoms with van der Waals surface area (Å²) in [7, 11) is 1.64. The molecule has 0 aliphatic heterocycles. The molecule has 17 heavy (non-hydrogen) atoms. The lowest BCUT2D eigenvalue weighted by atomic mass is 10.1. The molecule has 0 radical (unpaired) electrons. The van der Waals surface area contributed by atoms with Gasteiger partial charge in [0.2, 0.25) is 0 Å². The number of benzene rings is 1. The Morgan fingerprint density at radius 1 is 1.29 bits per heavy atom. The summed E-state index contributed by atoms with van der Waals surface area (Å²) in [4.78, 5) is 16.9. The normalized spacial score (nSPS) is 13.7. The standard InChI is InChI=1S/C13H19NO3/c1-13(2,3)17-14(4)11(12(15)16)10-8-6-5-7-9-10/h5-9,11H,1-4H3,(H,15,16). The van der Waals surface area contributed by atoms with E-state index in [4.69, 9.17) is 4.84 Å². The molecule has 0 amide bonds. The Hall–Kier alpha value is -1.39. The van der Waals surface area contributed by atoms with Crippen molar-refractivity contribution in [3.63, 3.8) is 0 Å². The van der Waals surface area contributed by atoms with E-state index < -0.39 is 17.6 Å². The largest absolute Gasteiger partial charge is 0.480 e. The van der Waals surface area contributed by atoms with Crippen molar-refractivity contribution in [1.82, 2.24) is 5.06 Å². The third kappa shape index (κ3) is 4.17. The Bertz CT molecular complexity index is 370. The maximum atomic E-state index is 11.3. The van der Waals surface area contributed by atoms with Crippen LogP contribution in [-0.2, 0) is 9.63 Å². The molecule has 1 aromatic rings. The molecule has 0 aliphatic rings. The molecule has 1 aromatic carbocycles. The zero-order valence-corrected chi connectivity index (χ0v) is 10.7. The molecule has 0 fully saturated rings. The molecule has 1 N–H and O–H groups in total. The zero-order valence-electron chi connectivity index (χ0n) is 10.7. The van der Waals surface area contributed by atoms with Gasteiger partial charge in [0.1, 0.15) is 0 Å². The molecule has 0 saturated carbocycles. The second kappa shape index (κ2) is 5.29. The molecule has 0 spiro atoms. The Labute approximate surface area is 102 Å². The van der Waals surface area contributed by atoms with Gasteiger partial charge in [-0.1, -0.05) is 30.3 Å². The molecule has 0 aliphatic carbocycles. The minimum Gasteiger partial charge on any atom is -0.480 e. The van der Waals surface area contributed by atoms with Crippen LogP contribution in [0.5, 0.6) is 0 Å². The number of likely N-dealkylation sites (N-methyl/N-ethyl adjacent to an activating group) is 1. The van der Waals surface area contributed by atoms with Gasteiger partial charge in [0.15, 0.2) is 6.04 Å². The predicted molar refractivity (Wildman–Crippen MR) is 65.4 cm³/mol. The van der Waals surface area contributed by atoms with Gasteiger partial charge < -0.3 is 5.11 Å². The van der Waals surface area contributed by atoms with Gasteiger partial charge in [0, 0.05) is 7.05 Å². The minimum absolute atomic E-state index is 0.419. The van der Waals surface area contributed by atoms with E-state index >= 15 is 0 Å². The summed E-state index contributed by atoms with van der Waals surface area (Å²) >= 11 is 0. The van der Waals surface area contributed by atoms with E-state index in [9.17, 15) is 9.90 Å². The average molecular weight is 237 g/mol. The summed E-state index contributed by atoms with van der Waals surface area (Å²) < 4.78 is 0. The number of carboxylic acids is 1. The second-order valence-electron chi connectivity index (χ2n) is 4.90. The Morgan fingerprint density at radius 3 is 2.24 bits per heavy atom. The highest BCUT2D eigenvalue weighted by Gasteiger charge is 2.28. The third-order valence-electron chi connectivity index (χ3n) is 2.13. The van der Waals surface area contributed by atoms with E-state index in [1.54, 1.807) is 19.2 Å². The lowest BCUT2D eigenvalue weighted by Crippen LogP contribution is -2.37. The summed E-state index contributed by atoms with van der Waals surface area (Å²) in [5, 5.41) is 10.7. The summed E-state index contributed by atoms with van der Waals surface area (Å²) in [6.07, 6.45) is 0. The topological polar surface area (TPSA) is 49.8 Å². The Kier molecular flexibility index (Phi) is 4.26. The molecule has 4 heteroatoms. The van der Waals surface area contributed by atoms with E-state index in [1.807, 2.05) is 39.0 Å². The lowest BCUT2D eigenvalue weighted by molar-refractivity contribution is -0.238.